The molecule has 0 saturated heterocycles. The van der Waals surface area contributed by atoms with E-state index in [-0.39, 0.29) is 30.4 Å². The van der Waals surface area contributed by atoms with E-state index in [2.05, 4.69) is 41.4 Å². The van der Waals surface area contributed by atoms with Gasteiger partial charge < -0.3 is 15.8 Å². The SMILES string of the molecule is Cc1cc(C#CCNC(=O)OCC2c3ccccc3-c3ccccc32)cc([N+](=O)[O-])c1N. The minimum Gasteiger partial charge on any atom is -0.449 e. The number of nitro benzene ring substituents is 1. The number of nitrogen functional groups attached to an aromatic ring is 1. The van der Waals surface area contributed by atoms with E-state index in [1.807, 2.05) is 24.3 Å². The molecule has 32 heavy (non-hydrogen) atoms. The van der Waals surface area contributed by atoms with Crippen molar-refractivity contribution in [3.05, 3.63) is 93.0 Å². The molecular formula is C25H21N3O4. The van der Waals surface area contributed by atoms with Crippen LogP contribution in [0.5, 0.6) is 0 Å². The summed E-state index contributed by atoms with van der Waals surface area (Å²) in [6.45, 7) is 1.95. The summed E-state index contributed by atoms with van der Waals surface area (Å²) in [5.74, 6) is 5.57. The minimum absolute atomic E-state index is 0.0162. The standard InChI is InChI=1S/C25H21N3O4/c1-16-13-17(14-23(24(16)26)28(30)31)7-6-12-27-25(29)32-15-22-20-10-4-2-8-18(20)19-9-3-5-11-21(19)22/h2-5,8-11,13-14,22H,12,15,26H2,1H3,(H,27,29). The number of nitro groups is 1. The number of nitrogens with zero attached hydrogens (tertiary/aromatic N) is 1. The van der Waals surface area contributed by atoms with E-state index in [4.69, 9.17) is 10.5 Å². The first kappa shape index (κ1) is 20.9. The third kappa shape index (κ3) is 4.12. The van der Waals surface area contributed by atoms with E-state index in [0.29, 0.717) is 11.1 Å². The van der Waals surface area contributed by atoms with Crippen molar-refractivity contribution in [1.29, 1.82) is 0 Å². The van der Waals surface area contributed by atoms with Gasteiger partial charge in [0, 0.05) is 17.5 Å². The molecule has 0 spiro atoms. The van der Waals surface area contributed by atoms with Crippen LogP contribution in [0.15, 0.2) is 60.7 Å². The Kier molecular flexibility index (Phi) is 5.77. The molecule has 1 amide bonds. The number of nitrogens with one attached hydrogen (secondary N) is 1. The number of carbonyl (C=O) groups is 1. The van der Waals surface area contributed by atoms with Crippen LogP contribution >= 0.6 is 0 Å². The van der Waals surface area contributed by atoms with Crippen molar-refractivity contribution in [3.8, 4) is 23.0 Å². The molecule has 0 unspecified atom stereocenters. The Balaban J connectivity index is 1.36. The van der Waals surface area contributed by atoms with Crippen LogP contribution in [0.3, 0.4) is 0 Å². The van der Waals surface area contributed by atoms with Crippen molar-refractivity contribution in [3.63, 3.8) is 0 Å². The van der Waals surface area contributed by atoms with Gasteiger partial charge in [0.05, 0.1) is 11.5 Å². The molecule has 0 fully saturated rings. The monoisotopic (exact) mass is 427 g/mol. The second-order valence-corrected chi connectivity index (χ2v) is 7.46. The Labute approximate surface area is 185 Å². The Morgan fingerprint density at radius 3 is 2.38 bits per heavy atom. The second kappa shape index (κ2) is 8.82. The van der Waals surface area contributed by atoms with Crippen LogP contribution in [0, 0.1) is 28.9 Å². The smallest absolute Gasteiger partial charge is 0.407 e. The molecule has 7 nitrogen and oxygen atoms in total. The van der Waals surface area contributed by atoms with Gasteiger partial charge in [0.2, 0.25) is 0 Å². The predicted molar refractivity (Wildman–Crippen MR) is 122 cm³/mol. The van der Waals surface area contributed by atoms with Crippen LogP contribution in [0.1, 0.15) is 28.2 Å². The number of aryl methyl sites for hydroxylation is 1. The van der Waals surface area contributed by atoms with Crippen molar-refractivity contribution in [1.82, 2.24) is 5.32 Å². The van der Waals surface area contributed by atoms with Crippen molar-refractivity contribution >= 4 is 17.5 Å². The number of carbonyl (C=O) groups excluding carboxylic acids is 1. The van der Waals surface area contributed by atoms with Crippen molar-refractivity contribution in [2.75, 3.05) is 18.9 Å². The highest BCUT2D eigenvalue weighted by molar-refractivity contribution is 5.79. The Bertz CT molecular complexity index is 1230. The first-order valence-corrected chi connectivity index (χ1v) is 10.1. The van der Waals surface area contributed by atoms with Gasteiger partial charge >= 0.3 is 6.09 Å². The van der Waals surface area contributed by atoms with Crippen molar-refractivity contribution in [2.45, 2.75) is 12.8 Å². The fourth-order valence-corrected chi connectivity index (χ4v) is 3.92. The van der Waals surface area contributed by atoms with Gasteiger partial charge in [0.25, 0.3) is 5.69 Å². The molecule has 0 aromatic heterocycles. The van der Waals surface area contributed by atoms with Gasteiger partial charge in [-0.3, -0.25) is 10.1 Å². The summed E-state index contributed by atoms with van der Waals surface area (Å²) in [7, 11) is 0. The highest BCUT2D eigenvalue weighted by Gasteiger charge is 2.28. The number of rotatable bonds is 4. The number of fused-ring (bicyclic) bond motifs is 3. The number of benzene rings is 3. The Morgan fingerprint density at radius 2 is 1.75 bits per heavy atom. The first-order chi connectivity index (χ1) is 15.5. The lowest BCUT2D eigenvalue weighted by Gasteiger charge is -2.14. The number of hydrogen-bond donors (Lipinski definition) is 2. The maximum absolute atomic E-state index is 12.2. The van der Waals surface area contributed by atoms with Crippen LogP contribution in [0.25, 0.3) is 11.1 Å². The molecule has 0 heterocycles. The van der Waals surface area contributed by atoms with E-state index in [9.17, 15) is 14.9 Å². The highest BCUT2D eigenvalue weighted by Crippen LogP contribution is 2.44. The molecule has 0 atom stereocenters. The third-order valence-electron chi connectivity index (χ3n) is 5.46. The van der Waals surface area contributed by atoms with E-state index in [1.54, 1.807) is 13.0 Å². The van der Waals surface area contributed by atoms with Crippen molar-refractivity contribution in [2.24, 2.45) is 0 Å². The molecule has 0 bridgehead atoms. The molecule has 1 aliphatic rings. The van der Waals surface area contributed by atoms with Gasteiger partial charge in [0.15, 0.2) is 0 Å². The molecule has 1 aliphatic carbocycles. The molecule has 3 N–H and O–H groups in total. The highest BCUT2D eigenvalue weighted by atomic mass is 16.6. The Morgan fingerprint density at radius 1 is 1.12 bits per heavy atom. The van der Waals surface area contributed by atoms with Gasteiger partial charge in [-0.25, -0.2) is 4.79 Å². The Hall–Kier alpha value is -4.31. The summed E-state index contributed by atoms with van der Waals surface area (Å²) in [5.41, 5.74) is 11.3. The fourth-order valence-electron chi connectivity index (χ4n) is 3.92. The number of hydrogen-bond acceptors (Lipinski definition) is 5. The van der Waals surface area contributed by atoms with Crippen LogP contribution in [0.4, 0.5) is 16.2 Å². The molecule has 4 rings (SSSR count). The fraction of sp³-hybridized carbons (Fsp3) is 0.160. The number of amides is 1. The average molecular weight is 427 g/mol. The number of nitrogens with two attached hydrogens (primary N) is 1. The van der Waals surface area contributed by atoms with E-state index < -0.39 is 11.0 Å². The largest absolute Gasteiger partial charge is 0.449 e. The maximum atomic E-state index is 12.2. The van der Waals surface area contributed by atoms with Gasteiger partial charge in [-0.2, -0.15) is 0 Å². The van der Waals surface area contributed by atoms with Crippen molar-refractivity contribution < 1.29 is 14.5 Å². The normalized spacial score (nSPS) is 11.7. The molecule has 160 valence electrons. The summed E-state index contributed by atoms with van der Waals surface area (Å²) in [6, 6.07) is 19.2. The third-order valence-corrected chi connectivity index (χ3v) is 5.46. The summed E-state index contributed by atoms with van der Waals surface area (Å²) in [5, 5.41) is 13.7. The average Bonchev–Trinajstić information content (AvgIpc) is 3.11. The zero-order valence-corrected chi connectivity index (χ0v) is 17.4. The zero-order valence-electron chi connectivity index (χ0n) is 17.4. The van der Waals surface area contributed by atoms with Gasteiger partial charge in [-0.1, -0.05) is 60.4 Å². The quantitative estimate of drug-likeness (QED) is 0.278. The number of anilines is 1. The van der Waals surface area contributed by atoms with Gasteiger partial charge in [-0.05, 0) is 40.8 Å². The zero-order chi connectivity index (χ0) is 22.7. The summed E-state index contributed by atoms with van der Waals surface area (Å²) >= 11 is 0. The summed E-state index contributed by atoms with van der Waals surface area (Å²) < 4.78 is 5.45. The van der Waals surface area contributed by atoms with E-state index in [1.165, 1.54) is 6.07 Å². The maximum Gasteiger partial charge on any atom is 0.407 e. The second-order valence-electron chi connectivity index (χ2n) is 7.46. The van der Waals surface area contributed by atoms with Crippen LogP contribution in [0.2, 0.25) is 0 Å². The molecule has 7 heteroatoms. The number of ether oxygens (including phenoxy) is 1. The van der Waals surface area contributed by atoms with E-state index in [0.717, 1.165) is 22.3 Å². The molecular weight excluding hydrogens is 406 g/mol. The van der Waals surface area contributed by atoms with Crippen LogP contribution < -0.4 is 11.1 Å². The molecule has 3 aromatic rings. The molecule has 0 saturated carbocycles. The lowest BCUT2D eigenvalue weighted by Crippen LogP contribution is -2.26. The predicted octanol–water partition coefficient (Wildman–Crippen LogP) is 4.38. The molecule has 0 radical (unpaired) electrons. The summed E-state index contributed by atoms with van der Waals surface area (Å²) in [6.07, 6.45) is -0.569. The number of alkyl carbamates (subject to hydrolysis) is 1. The van der Waals surface area contributed by atoms with E-state index >= 15 is 0 Å². The minimum atomic E-state index is -0.569. The topological polar surface area (TPSA) is 107 Å². The van der Waals surface area contributed by atoms with Gasteiger partial charge in [-0.15, -0.1) is 0 Å². The lowest BCUT2D eigenvalue weighted by molar-refractivity contribution is -0.383. The molecule has 0 aliphatic heterocycles. The first-order valence-electron chi connectivity index (χ1n) is 10.1. The lowest BCUT2D eigenvalue weighted by atomic mass is 9.98. The van der Waals surface area contributed by atoms with Crippen LogP contribution in [-0.4, -0.2) is 24.2 Å². The van der Waals surface area contributed by atoms with Crippen LogP contribution in [-0.2, 0) is 4.74 Å². The molecule has 3 aromatic carbocycles. The summed E-state index contributed by atoms with van der Waals surface area (Å²) in [4.78, 5) is 22.7. The van der Waals surface area contributed by atoms with Gasteiger partial charge in [0.1, 0.15) is 12.3 Å².